The average molecular weight is 324 g/mol. The van der Waals surface area contributed by atoms with E-state index in [1.165, 1.54) is 5.57 Å². The summed E-state index contributed by atoms with van der Waals surface area (Å²) in [6, 6.07) is 0. The minimum atomic E-state index is -0.850. The Labute approximate surface area is 139 Å². The van der Waals surface area contributed by atoms with Crippen LogP contribution in [0.4, 0.5) is 0 Å². The molecule has 4 rings (SSSR count). The van der Waals surface area contributed by atoms with Gasteiger partial charge in [0, 0.05) is 0 Å². The molecule has 2 aliphatic carbocycles. The van der Waals surface area contributed by atoms with E-state index in [-0.39, 0.29) is 11.4 Å². The van der Waals surface area contributed by atoms with Crippen LogP contribution in [-0.2, 0) is 9.53 Å². The molecule has 0 fully saturated rings. The molecule has 2 atom stereocenters. The molecule has 0 spiro atoms. The quantitative estimate of drug-likeness (QED) is 0.789. The van der Waals surface area contributed by atoms with Gasteiger partial charge < -0.3 is 9.84 Å². The number of carboxylic acid groups (broad SMARTS) is 1. The highest BCUT2D eigenvalue weighted by Gasteiger charge is 2.21. The van der Waals surface area contributed by atoms with Crippen molar-refractivity contribution in [3.8, 4) is 0 Å². The van der Waals surface area contributed by atoms with Crippen LogP contribution >= 0.6 is 11.8 Å². The van der Waals surface area contributed by atoms with Crippen molar-refractivity contribution in [2.24, 2.45) is 0 Å². The van der Waals surface area contributed by atoms with Crippen LogP contribution in [0.25, 0.3) is 0 Å². The highest BCUT2D eigenvalue weighted by Crippen LogP contribution is 2.32. The first-order valence-corrected chi connectivity index (χ1v) is 8.21. The van der Waals surface area contributed by atoms with Gasteiger partial charge in [0.05, 0.1) is 17.1 Å². The molecule has 23 heavy (non-hydrogen) atoms. The Balaban J connectivity index is 0.000000140. The number of fused-ring (bicyclic) bond motifs is 2. The van der Waals surface area contributed by atoms with Crippen LogP contribution in [0.3, 0.4) is 0 Å². The minimum Gasteiger partial charge on any atom is -0.489 e. The van der Waals surface area contributed by atoms with Crippen molar-refractivity contribution in [2.75, 3.05) is 0 Å². The Bertz CT molecular complexity index is 730. The number of aliphatic carboxylic acids is 1. The topological polar surface area (TPSA) is 46.5 Å². The number of allylic oxidation sites excluding steroid dienone is 7. The lowest BCUT2D eigenvalue weighted by molar-refractivity contribution is -0.132. The van der Waals surface area contributed by atoms with Gasteiger partial charge in [0.15, 0.2) is 0 Å². The summed E-state index contributed by atoms with van der Waals surface area (Å²) in [5, 5.41) is 10.9. The predicted octanol–water partition coefficient (Wildman–Crippen LogP) is 4.07. The van der Waals surface area contributed by atoms with Gasteiger partial charge in [-0.05, 0) is 34.8 Å². The van der Waals surface area contributed by atoms with Gasteiger partial charge in [0.1, 0.15) is 6.10 Å². The maximum Gasteiger partial charge on any atom is 0.336 e. The summed E-state index contributed by atoms with van der Waals surface area (Å²) in [6.07, 6.45) is 23.3. The number of carboxylic acids is 1. The molecule has 0 amide bonds. The Hall–Kier alpha value is -2.46. The van der Waals surface area contributed by atoms with E-state index in [0.29, 0.717) is 5.57 Å². The molecule has 3 nitrogen and oxygen atoms in total. The number of carbonyl (C=O) groups is 1. The highest BCUT2D eigenvalue weighted by atomic mass is 32.2. The molecule has 0 saturated carbocycles. The summed E-state index contributed by atoms with van der Waals surface area (Å²) in [6.45, 7) is 0. The van der Waals surface area contributed by atoms with Crippen LogP contribution in [-0.4, -0.2) is 22.4 Å². The second-order valence-corrected chi connectivity index (χ2v) is 6.13. The molecule has 1 N–H and O–H groups in total. The molecule has 0 saturated heterocycles. The van der Waals surface area contributed by atoms with Gasteiger partial charge in [0.2, 0.25) is 0 Å². The molecule has 4 heteroatoms. The zero-order valence-electron chi connectivity index (χ0n) is 12.3. The van der Waals surface area contributed by atoms with E-state index in [2.05, 4.69) is 12.2 Å². The Morgan fingerprint density at radius 3 is 2.70 bits per heavy atom. The van der Waals surface area contributed by atoms with Crippen LogP contribution in [0.15, 0.2) is 95.2 Å². The smallest absolute Gasteiger partial charge is 0.336 e. The normalized spacial score (nSPS) is 25.8. The summed E-state index contributed by atoms with van der Waals surface area (Å²) in [5.41, 5.74) is 2.52. The van der Waals surface area contributed by atoms with Crippen LogP contribution in [0.5, 0.6) is 0 Å². The lowest BCUT2D eigenvalue weighted by Gasteiger charge is -2.19. The first kappa shape index (κ1) is 15.4. The Morgan fingerprint density at radius 2 is 1.87 bits per heavy atom. The number of ether oxygens (including phenoxy) is 1. The molecule has 0 aromatic rings. The third kappa shape index (κ3) is 3.66. The molecular formula is C19H16O3S. The second kappa shape index (κ2) is 7.20. The van der Waals surface area contributed by atoms with E-state index in [1.807, 2.05) is 54.0 Å². The number of thioether (sulfide) groups is 1. The summed E-state index contributed by atoms with van der Waals surface area (Å²) < 4.78 is 5.29. The average Bonchev–Trinajstić information content (AvgIpc) is 2.62. The fraction of sp³-hybridized carbons (Fsp3) is 0.105. The first-order valence-electron chi connectivity index (χ1n) is 7.27. The van der Waals surface area contributed by atoms with Gasteiger partial charge in [0.25, 0.3) is 0 Å². The number of hydrogen-bond donors (Lipinski definition) is 1. The van der Waals surface area contributed by atoms with Crippen LogP contribution in [0.2, 0.25) is 0 Å². The van der Waals surface area contributed by atoms with E-state index in [9.17, 15) is 4.79 Å². The monoisotopic (exact) mass is 324 g/mol. The van der Waals surface area contributed by atoms with Crippen LogP contribution in [0.1, 0.15) is 0 Å². The van der Waals surface area contributed by atoms with Gasteiger partial charge in [-0.15, -0.1) is 11.8 Å². The standard InChI is InChI=1S/C10H8O2S.C9H8O/c11-10(12)8-5-6-13-9-4-2-1-3-7(8)9;1-2-6-9-8(4-1)5-3-7-10-9/h1-6,9H,(H,11,12);1-7,9H. The van der Waals surface area contributed by atoms with Crippen molar-refractivity contribution in [2.45, 2.75) is 11.4 Å². The molecule has 0 aromatic carbocycles. The molecule has 2 aliphatic heterocycles. The number of hydrogen-bond acceptors (Lipinski definition) is 3. The van der Waals surface area contributed by atoms with Gasteiger partial charge >= 0.3 is 5.97 Å². The lowest BCUT2D eigenvalue weighted by atomic mass is 10.0. The third-order valence-electron chi connectivity index (χ3n) is 3.59. The molecule has 2 heterocycles. The van der Waals surface area contributed by atoms with Crippen molar-refractivity contribution in [3.05, 3.63) is 95.2 Å². The van der Waals surface area contributed by atoms with Gasteiger partial charge in [-0.1, -0.05) is 48.6 Å². The largest absolute Gasteiger partial charge is 0.489 e. The van der Waals surface area contributed by atoms with E-state index >= 15 is 0 Å². The molecule has 0 aromatic heterocycles. The maximum atomic E-state index is 10.8. The van der Waals surface area contributed by atoms with Crippen LogP contribution in [0, 0.1) is 0 Å². The second-order valence-electron chi connectivity index (χ2n) is 5.07. The van der Waals surface area contributed by atoms with Gasteiger partial charge in [-0.3, -0.25) is 0 Å². The molecule has 0 bridgehead atoms. The summed E-state index contributed by atoms with van der Waals surface area (Å²) in [5.74, 6) is -0.850. The fourth-order valence-corrected chi connectivity index (χ4v) is 3.38. The minimum absolute atomic E-state index is 0.162. The van der Waals surface area contributed by atoms with Crippen molar-refractivity contribution in [1.29, 1.82) is 0 Å². The van der Waals surface area contributed by atoms with E-state index in [0.717, 1.165) is 5.57 Å². The summed E-state index contributed by atoms with van der Waals surface area (Å²) in [4.78, 5) is 10.8. The van der Waals surface area contributed by atoms with Gasteiger partial charge in [-0.2, -0.15) is 0 Å². The van der Waals surface area contributed by atoms with Crippen molar-refractivity contribution in [3.63, 3.8) is 0 Å². The summed E-state index contributed by atoms with van der Waals surface area (Å²) in [7, 11) is 0. The zero-order valence-corrected chi connectivity index (χ0v) is 13.1. The van der Waals surface area contributed by atoms with Crippen LogP contribution < -0.4 is 0 Å². The Kier molecular flexibility index (Phi) is 4.83. The fourth-order valence-electron chi connectivity index (χ4n) is 2.46. The predicted molar refractivity (Wildman–Crippen MR) is 93.8 cm³/mol. The highest BCUT2D eigenvalue weighted by molar-refractivity contribution is 8.03. The molecule has 4 aliphatic rings. The number of rotatable bonds is 1. The SMILES string of the molecule is C1=COC2C=CC=CC2=C1.O=C(O)C1=C2C=CC=CC2SC=C1. The van der Waals surface area contributed by atoms with E-state index < -0.39 is 5.97 Å². The Morgan fingerprint density at radius 1 is 1.04 bits per heavy atom. The maximum absolute atomic E-state index is 10.8. The van der Waals surface area contributed by atoms with Crippen molar-refractivity contribution < 1.29 is 14.6 Å². The molecule has 2 unspecified atom stereocenters. The van der Waals surface area contributed by atoms with E-state index in [1.54, 1.807) is 24.1 Å². The molecular weight excluding hydrogens is 308 g/mol. The first-order chi connectivity index (χ1) is 11.3. The van der Waals surface area contributed by atoms with E-state index in [4.69, 9.17) is 9.84 Å². The molecule has 0 radical (unpaired) electrons. The lowest BCUT2D eigenvalue weighted by Crippen LogP contribution is -2.13. The van der Waals surface area contributed by atoms with Crippen molar-refractivity contribution >= 4 is 17.7 Å². The molecule has 116 valence electrons. The summed E-state index contributed by atoms with van der Waals surface area (Å²) >= 11 is 1.63. The zero-order chi connectivity index (χ0) is 16.1. The van der Waals surface area contributed by atoms with Crippen molar-refractivity contribution in [1.82, 2.24) is 0 Å². The van der Waals surface area contributed by atoms with Gasteiger partial charge in [-0.25, -0.2) is 4.79 Å². The third-order valence-corrected chi connectivity index (χ3v) is 4.58.